The maximum Gasteiger partial charge on any atom is 0.123 e. The topological polar surface area (TPSA) is 21.1 Å². The molecule has 114 valence electrons. The van der Waals surface area contributed by atoms with Crippen molar-refractivity contribution in [2.45, 2.75) is 13.0 Å². The van der Waals surface area contributed by atoms with Crippen LogP contribution in [0, 0.1) is 17.8 Å². The number of nitrogens with zero attached hydrogens (tertiary/aromatic N) is 3. The van der Waals surface area contributed by atoms with E-state index in [-0.39, 0.29) is 5.82 Å². The number of benzene rings is 1. The fraction of sp³-hybridized carbons (Fsp3) is 0.211. The van der Waals surface area contributed by atoms with Gasteiger partial charge in [0.15, 0.2) is 0 Å². The van der Waals surface area contributed by atoms with E-state index >= 15 is 0 Å². The zero-order valence-electron chi connectivity index (χ0n) is 12.9. The Morgan fingerprint density at radius 2 is 2.00 bits per heavy atom. The molecule has 0 spiro atoms. The highest BCUT2D eigenvalue weighted by Gasteiger charge is 2.22. The van der Waals surface area contributed by atoms with Gasteiger partial charge in [0.1, 0.15) is 5.82 Å². The van der Waals surface area contributed by atoms with Crippen LogP contribution in [0.25, 0.3) is 10.9 Å². The van der Waals surface area contributed by atoms with Crippen molar-refractivity contribution in [2.75, 3.05) is 13.6 Å². The largest absolute Gasteiger partial charge is 0.302 e. The number of pyridine rings is 1. The van der Waals surface area contributed by atoms with Gasteiger partial charge in [-0.2, -0.15) is 0 Å². The number of aromatic nitrogens is 2. The number of halogens is 1. The van der Waals surface area contributed by atoms with E-state index in [9.17, 15) is 4.39 Å². The molecule has 2 aromatic heterocycles. The first-order chi connectivity index (χ1) is 11.2. The summed E-state index contributed by atoms with van der Waals surface area (Å²) >= 11 is 0. The molecule has 3 heterocycles. The molecular formula is C19H16FN3. The van der Waals surface area contributed by atoms with Crippen LogP contribution >= 0.6 is 0 Å². The second kappa shape index (κ2) is 5.53. The Kier molecular flexibility index (Phi) is 3.36. The minimum Gasteiger partial charge on any atom is -0.302 e. The number of hydrogen-bond donors (Lipinski definition) is 0. The third-order valence-electron chi connectivity index (χ3n) is 4.29. The fourth-order valence-electron chi connectivity index (χ4n) is 3.15. The Bertz CT molecular complexity index is 932. The quantitative estimate of drug-likeness (QED) is 0.595. The summed E-state index contributed by atoms with van der Waals surface area (Å²) in [7, 11) is 2.09. The molecule has 0 saturated carbocycles. The van der Waals surface area contributed by atoms with Gasteiger partial charge in [-0.1, -0.05) is 0 Å². The highest BCUT2D eigenvalue weighted by Crippen LogP contribution is 2.30. The predicted octanol–water partition coefficient (Wildman–Crippen LogP) is 3.02. The molecule has 0 aliphatic carbocycles. The average Bonchev–Trinajstić information content (AvgIpc) is 2.86. The Hall–Kier alpha value is -2.64. The van der Waals surface area contributed by atoms with Gasteiger partial charge in [-0.15, -0.1) is 0 Å². The van der Waals surface area contributed by atoms with E-state index in [2.05, 4.69) is 28.9 Å². The van der Waals surface area contributed by atoms with Crippen molar-refractivity contribution in [3.8, 4) is 12.0 Å². The first-order valence-electron chi connectivity index (χ1n) is 7.65. The van der Waals surface area contributed by atoms with Crippen molar-refractivity contribution in [1.82, 2.24) is 14.5 Å². The zero-order valence-corrected chi connectivity index (χ0v) is 12.9. The first-order valence-corrected chi connectivity index (χ1v) is 7.65. The van der Waals surface area contributed by atoms with Crippen LogP contribution in [-0.4, -0.2) is 28.0 Å². The number of fused-ring (bicyclic) bond motifs is 3. The van der Waals surface area contributed by atoms with Crippen molar-refractivity contribution in [2.24, 2.45) is 0 Å². The van der Waals surface area contributed by atoms with Crippen LogP contribution in [-0.2, 0) is 13.0 Å². The predicted molar refractivity (Wildman–Crippen MR) is 88.4 cm³/mol. The van der Waals surface area contributed by atoms with Crippen LogP contribution in [0.2, 0.25) is 0 Å². The summed E-state index contributed by atoms with van der Waals surface area (Å²) in [6.07, 6.45) is 4.39. The zero-order chi connectivity index (χ0) is 15.8. The molecule has 0 atom stereocenters. The lowest BCUT2D eigenvalue weighted by Crippen LogP contribution is -2.27. The highest BCUT2D eigenvalue weighted by molar-refractivity contribution is 5.87. The fourth-order valence-corrected chi connectivity index (χ4v) is 3.15. The molecule has 3 nitrogen and oxygen atoms in total. The molecule has 1 aromatic carbocycles. The summed E-state index contributed by atoms with van der Waals surface area (Å²) in [5.41, 5.74) is 4.29. The van der Waals surface area contributed by atoms with Gasteiger partial charge in [0, 0.05) is 54.6 Å². The maximum atomic E-state index is 13.7. The van der Waals surface area contributed by atoms with Crippen molar-refractivity contribution < 1.29 is 4.39 Å². The third-order valence-corrected chi connectivity index (χ3v) is 4.29. The smallest absolute Gasteiger partial charge is 0.123 e. The van der Waals surface area contributed by atoms with Crippen LogP contribution in [0.3, 0.4) is 0 Å². The van der Waals surface area contributed by atoms with E-state index in [1.165, 1.54) is 17.3 Å². The first kappa shape index (κ1) is 14.0. The molecule has 1 aliphatic heterocycles. The van der Waals surface area contributed by atoms with Gasteiger partial charge in [-0.3, -0.25) is 9.55 Å². The number of likely N-dealkylation sites (N-methyl/N-ethyl adjacent to an activating group) is 1. The molecule has 0 bridgehead atoms. The molecule has 0 saturated heterocycles. The Morgan fingerprint density at radius 1 is 1.17 bits per heavy atom. The van der Waals surface area contributed by atoms with Gasteiger partial charge in [-0.25, -0.2) is 4.39 Å². The van der Waals surface area contributed by atoms with Crippen molar-refractivity contribution in [3.63, 3.8) is 0 Å². The molecule has 4 heteroatoms. The molecule has 0 fully saturated rings. The molecule has 4 rings (SSSR count). The molecule has 0 unspecified atom stereocenters. The summed E-state index contributed by atoms with van der Waals surface area (Å²) in [4.78, 5) is 6.26. The van der Waals surface area contributed by atoms with E-state index in [0.29, 0.717) is 0 Å². The van der Waals surface area contributed by atoms with Crippen LogP contribution < -0.4 is 0 Å². The number of hydrogen-bond acceptors (Lipinski definition) is 2. The van der Waals surface area contributed by atoms with Crippen LogP contribution in [0.4, 0.5) is 4.39 Å². The van der Waals surface area contributed by atoms with Crippen molar-refractivity contribution in [3.05, 3.63) is 65.4 Å². The van der Waals surface area contributed by atoms with E-state index in [1.54, 1.807) is 18.5 Å². The normalized spacial score (nSPS) is 14.3. The average molecular weight is 305 g/mol. The van der Waals surface area contributed by atoms with E-state index in [1.807, 2.05) is 22.8 Å². The summed E-state index contributed by atoms with van der Waals surface area (Å²) < 4.78 is 15.7. The lowest BCUT2D eigenvalue weighted by molar-refractivity contribution is 0.311. The summed E-state index contributed by atoms with van der Waals surface area (Å²) in [5, 5.41) is 0.968. The molecule has 3 aromatic rings. The van der Waals surface area contributed by atoms with Crippen molar-refractivity contribution in [1.29, 1.82) is 0 Å². The SMILES string of the molecule is CN1CCc2c(c3cc(F)ccc3n2C#Cc2ccncc2)C1. The van der Waals surface area contributed by atoms with Gasteiger partial charge in [0.2, 0.25) is 0 Å². The number of rotatable bonds is 0. The minimum atomic E-state index is -0.201. The second-order valence-corrected chi connectivity index (χ2v) is 5.88. The van der Waals surface area contributed by atoms with Gasteiger partial charge >= 0.3 is 0 Å². The molecule has 0 amide bonds. The molecule has 0 N–H and O–H groups in total. The monoisotopic (exact) mass is 305 g/mol. The van der Waals surface area contributed by atoms with Gasteiger partial charge < -0.3 is 4.90 Å². The molecule has 1 aliphatic rings. The summed E-state index contributed by atoms with van der Waals surface area (Å²) in [6, 6.07) is 12.0. The Labute approximate surface area is 134 Å². The second-order valence-electron chi connectivity index (χ2n) is 5.88. The van der Waals surface area contributed by atoms with Crippen LogP contribution in [0.1, 0.15) is 16.8 Å². The van der Waals surface area contributed by atoms with Crippen LogP contribution in [0.15, 0.2) is 42.7 Å². The lowest BCUT2D eigenvalue weighted by Gasteiger charge is -2.23. The summed E-state index contributed by atoms with van der Waals surface area (Å²) in [5.74, 6) is 2.98. The van der Waals surface area contributed by atoms with Gasteiger partial charge in [0.25, 0.3) is 0 Å². The maximum absolute atomic E-state index is 13.7. The van der Waals surface area contributed by atoms with E-state index in [4.69, 9.17) is 0 Å². The third kappa shape index (κ3) is 2.49. The molecule has 23 heavy (non-hydrogen) atoms. The Balaban J connectivity index is 1.91. The standard InChI is InChI=1S/C19H16FN3/c1-22-10-7-19-17(13-22)16-12-15(20)2-3-18(16)23(19)11-6-14-4-8-21-9-5-14/h2-5,8-9,12H,7,10,13H2,1H3. The van der Waals surface area contributed by atoms with Crippen LogP contribution in [0.5, 0.6) is 0 Å². The minimum absolute atomic E-state index is 0.201. The lowest BCUT2D eigenvalue weighted by atomic mass is 10.1. The highest BCUT2D eigenvalue weighted by atomic mass is 19.1. The van der Waals surface area contributed by atoms with E-state index < -0.39 is 0 Å². The summed E-state index contributed by atoms with van der Waals surface area (Å²) in [6.45, 7) is 1.82. The van der Waals surface area contributed by atoms with Gasteiger partial charge in [0.05, 0.1) is 5.52 Å². The van der Waals surface area contributed by atoms with Gasteiger partial charge in [-0.05, 0) is 48.9 Å². The van der Waals surface area contributed by atoms with E-state index in [0.717, 1.165) is 36.0 Å². The van der Waals surface area contributed by atoms with Crippen molar-refractivity contribution >= 4 is 10.9 Å². The molecular weight excluding hydrogens is 289 g/mol. The Morgan fingerprint density at radius 3 is 2.83 bits per heavy atom. The molecule has 0 radical (unpaired) electrons.